The van der Waals surface area contributed by atoms with Crippen LogP contribution in [0.25, 0.3) is 0 Å². The second-order valence-electron chi connectivity index (χ2n) is 5.83. The largest absolute Gasteiger partial charge is 0.396 e. The second-order valence-corrected chi connectivity index (χ2v) is 5.83. The number of nitrogens with one attached hydrogen (secondary N) is 1. The minimum atomic E-state index is -0.241. The zero-order valence-electron chi connectivity index (χ0n) is 11.5. The van der Waals surface area contributed by atoms with Crippen molar-refractivity contribution in [2.75, 3.05) is 6.61 Å². The molecule has 1 fully saturated rings. The van der Waals surface area contributed by atoms with E-state index in [1.54, 1.807) is 0 Å². The first-order chi connectivity index (χ1) is 8.00. The highest BCUT2D eigenvalue weighted by Crippen LogP contribution is 2.29. The zero-order chi connectivity index (χ0) is 12.9. The molecule has 0 aromatic carbocycles. The summed E-state index contributed by atoms with van der Waals surface area (Å²) in [5, 5.41) is 12.2. The molecule has 1 unspecified atom stereocenters. The number of carbonyl (C=O) groups is 1. The van der Waals surface area contributed by atoms with Crippen LogP contribution in [0, 0.1) is 11.8 Å². The van der Waals surface area contributed by atoms with E-state index < -0.39 is 0 Å². The summed E-state index contributed by atoms with van der Waals surface area (Å²) in [6.45, 7) is 6.47. The molecule has 0 aromatic heterocycles. The lowest BCUT2D eigenvalue weighted by Gasteiger charge is -2.33. The molecule has 1 aliphatic rings. The van der Waals surface area contributed by atoms with Gasteiger partial charge in [-0.3, -0.25) is 4.79 Å². The minimum Gasteiger partial charge on any atom is -0.396 e. The lowest BCUT2D eigenvalue weighted by Crippen LogP contribution is -2.48. The molecular formula is C14H27NO2. The van der Waals surface area contributed by atoms with Crippen molar-refractivity contribution in [1.29, 1.82) is 0 Å². The first-order valence-electron chi connectivity index (χ1n) is 6.93. The SMILES string of the molecule is CCC(C)(CCO)NC(=O)C1CCC(C)CC1. The monoisotopic (exact) mass is 241 g/mol. The summed E-state index contributed by atoms with van der Waals surface area (Å²) in [5.74, 6) is 1.15. The molecule has 1 aliphatic carbocycles. The molecule has 3 heteroatoms. The molecule has 3 nitrogen and oxygen atoms in total. The molecule has 2 N–H and O–H groups in total. The summed E-state index contributed by atoms with van der Waals surface area (Å²) in [5.41, 5.74) is -0.241. The number of hydrogen-bond acceptors (Lipinski definition) is 2. The molecule has 0 spiro atoms. The lowest BCUT2D eigenvalue weighted by atomic mass is 9.82. The van der Waals surface area contributed by atoms with E-state index >= 15 is 0 Å². The number of carbonyl (C=O) groups excluding carboxylic acids is 1. The highest BCUT2D eigenvalue weighted by Gasteiger charge is 2.29. The van der Waals surface area contributed by atoms with Gasteiger partial charge in [-0.15, -0.1) is 0 Å². The Morgan fingerprint density at radius 3 is 2.41 bits per heavy atom. The summed E-state index contributed by atoms with van der Waals surface area (Å²) >= 11 is 0. The third-order valence-corrected chi connectivity index (χ3v) is 4.26. The van der Waals surface area contributed by atoms with Crippen molar-refractivity contribution >= 4 is 5.91 Å². The third-order valence-electron chi connectivity index (χ3n) is 4.26. The topological polar surface area (TPSA) is 49.3 Å². The molecule has 0 aromatic rings. The van der Waals surface area contributed by atoms with E-state index in [4.69, 9.17) is 5.11 Å². The minimum absolute atomic E-state index is 0.131. The van der Waals surface area contributed by atoms with E-state index in [9.17, 15) is 4.79 Å². The van der Waals surface area contributed by atoms with Crippen molar-refractivity contribution in [2.45, 2.75) is 64.8 Å². The maximum Gasteiger partial charge on any atom is 0.223 e. The van der Waals surface area contributed by atoms with Crippen molar-refractivity contribution in [2.24, 2.45) is 11.8 Å². The van der Waals surface area contributed by atoms with Crippen LogP contribution in [-0.2, 0) is 4.79 Å². The molecule has 1 rings (SSSR count). The van der Waals surface area contributed by atoms with Crippen LogP contribution >= 0.6 is 0 Å². The lowest BCUT2D eigenvalue weighted by molar-refractivity contribution is -0.128. The Hall–Kier alpha value is -0.570. The van der Waals surface area contributed by atoms with Crippen LogP contribution in [0.3, 0.4) is 0 Å². The van der Waals surface area contributed by atoms with Crippen LogP contribution < -0.4 is 5.32 Å². The number of aliphatic hydroxyl groups excluding tert-OH is 1. The predicted octanol–water partition coefficient (Wildman–Crippen LogP) is 2.48. The summed E-state index contributed by atoms with van der Waals surface area (Å²) in [6.07, 6.45) is 5.88. The van der Waals surface area contributed by atoms with Crippen LogP contribution in [-0.4, -0.2) is 23.2 Å². The Kier molecular flexibility index (Phi) is 5.44. The number of hydrogen-bond donors (Lipinski definition) is 2. The van der Waals surface area contributed by atoms with E-state index in [-0.39, 0.29) is 24.0 Å². The quantitative estimate of drug-likeness (QED) is 0.777. The van der Waals surface area contributed by atoms with E-state index in [0.29, 0.717) is 6.42 Å². The highest BCUT2D eigenvalue weighted by atomic mass is 16.3. The van der Waals surface area contributed by atoms with Gasteiger partial charge in [0.25, 0.3) is 0 Å². The number of rotatable bonds is 5. The highest BCUT2D eigenvalue weighted by molar-refractivity contribution is 5.79. The zero-order valence-corrected chi connectivity index (χ0v) is 11.5. The Labute approximate surface area is 105 Å². The summed E-state index contributed by atoms with van der Waals surface area (Å²) < 4.78 is 0. The van der Waals surface area contributed by atoms with Crippen molar-refractivity contribution in [3.8, 4) is 0 Å². The number of aliphatic hydroxyl groups is 1. The molecule has 1 atom stereocenters. The van der Waals surface area contributed by atoms with Gasteiger partial charge in [-0.05, 0) is 51.4 Å². The molecule has 0 aliphatic heterocycles. The van der Waals surface area contributed by atoms with Gasteiger partial charge in [0, 0.05) is 18.1 Å². The van der Waals surface area contributed by atoms with E-state index in [0.717, 1.165) is 25.2 Å². The first kappa shape index (κ1) is 14.5. The summed E-state index contributed by atoms with van der Waals surface area (Å²) in [7, 11) is 0. The van der Waals surface area contributed by atoms with Crippen LogP contribution in [0.5, 0.6) is 0 Å². The van der Waals surface area contributed by atoms with Gasteiger partial charge in [0.2, 0.25) is 5.91 Å². The van der Waals surface area contributed by atoms with Gasteiger partial charge < -0.3 is 10.4 Å². The fourth-order valence-electron chi connectivity index (χ4n) is 2.50. The fourth-order valence-corrected chi connectivity index (χ4v) is 2.50. The molecule has 100 valence electrons. The first-order valence-corrected chi connectivity index (χ1v) is 6.93. The molecular weight excluding hydrogens is 214 g/mol. The van der Waals surface area contributed by atoms with Crippen LogP contribution in [0.2, 0.25) is 0 Å². The van der Waals surface area contributed by atoms with Crippen LogP contribution in [0.4, 0.5) is 0 Å². The number of amides is 1. The van der Waals surface area contributed by atoms with Crippen molar-refractivity contribution in [3.05, 3.63) is 0 Å². The van der Waals surface area contributed by atoms with Gasteiger partial charge in [0.15, 0.2) is 0 Å². The van der Waals surface area contributed by atoms with Crippen molar-refractivity contribution in [1.82, 2.24) is 5.32 Å². The van der Waals surface area contributed by atoms with E-state index in [2.05, 4.69) is 19.2 Å². The average molecular weight is 241 g/mol. The Morgan fingerprint density at radius 2 is 1.94 bits per heavy atom. The van der Waals surface area contributed by atoms with Gasteiger partial charge in [-0.25, -0.2) is 0 Å². The molecule has 1 saturated carbocycles. The molecule has 0 heterocycles. The summed E-state index contributed by atoms with van der Waals surface area (Å²) in [4.78, 5) is 12.2. The van der Waals surface area contributed by atoms with Crippen molar-refractivity contribution < 1.29 is 9.90 Å². The molecule has 0 saturated heterocycles. The smallest absolute Gasteiger partial charge is 0.223 e. The maximum atomic E-state index is 12.2. The van der Waals surface area contributed by atoms with E-state index in [1.165, 1.54) is 12.8 Å². The Balaban J connectivity index is 2.47. The standard InChI is InChI=1S/C14H27NO2/c1-4-14(3,9-10-16)15-13(17)12-7-5-11(2)6-8-12/h11-12,16H,4-10H2,1-3H3,(H,15,17). The van der Waals surface area contributed by atoms with Crippen LogP contribution in [0.1, 0.15) is 59.3 Å². The second kappa shape index (κ2) is 6.39. The molecule has 1 amide bonds. The summed E-state index contributed by atoms with van der Waals surface area (Å²) in [6, 6.07) is 0. The van der Waals surface area contributed by atoms with Crippen molar-refractivity contribution in [3.63, 3.8) is 0 Å². The molecule has 0 radical (unpaired) electrons. The Bertz CT molecular complexity index is 247. The van der Waals surface area contributed by atoms with Gasteiger partial charge >= 0.3 is 0 Å². The van der Waals surface area contributed by atoms with Crippen LogP contribution in [0.15, 0.2) is 0 Å². The third kappa shape index (κ3) is 4.30. The van der Waals surface area contributed by atoms with Gasteiger partial charge in [-0.2, -0.15) is 0 Å². The Morgan fingerprint density at radius 1 is 1.35 bits per heavy atom. The van der Waals surface area contributed by atoms with Gasteiger partial charge in [0.05, 0.1) is 0 Å². The molecule has 0 bridgehead atoms. The van der Waals surface area contributed by atoms with E-state index in [1.807, 2.05) is 6.92 Å². The fraction of sp³-hybridized carbons (Fsp3) is 0.929. The molecule has 17 heavy (non-hydrogen) atoms. The average Bonchev–Trinajstić information content (AvgIpc) is 2.30. The normalized spacial score (nSPS) is 28.5. The van der Waals surface area contributed by atoms with Gasteiger partial charge in [0.1, 0.15) is 0 Å². The van der Waals surface area contributed by atoms with Gasteiger partial charge in [-0.1, -0.05) is 13.8 Å². The maximum absolute atomic E-state index is 12.2. The predicted molar refractivity (Wildman–Crippen MR) is 69.7 cm³/mol.